The molecule has 1 aromatic carbocycles. The van der Waals surface area contributed by atoms with E-state index in [-0.39, 0.29) is 11.9 Å². The molecule has 32 heavy (non-hydrogen) atoms. The van der Waals surface area contributed by atoms with Gasteiger partial charge in [0.25, 0.3) is 11.6 Å². The zero-order valence-corrected chi connectivity index (χ0v) is 18.5. The Hall–Kier alpha value is -2.97. The average Bonchev–Trinajstić information content (AvgIpc) is 3.58. The molecule has 3 heterocycles. The minimum Gasteiger partial charge on any atom is -0.497 e. The summed E-state index contributed by atoms with van der Waals surface area (Å²) < 4.78 is 16.3. The summed E-state index contributed by atoms with van der Waals surface area (Å²) in [4.78, 5) is 20.4. The van der Waals surface area contributed by atoms with Crippen LogP contribution in [-0.2, 0) is 4.74 Å². The molecule has 2 aromatic heterocycles. The number of nitrogens with zero attached hydrogens (tertiary/aromatic N) is 3. The number of methoxy groups -OCH3 is 1. The van der Waals surface area contributed by atoms with Gasteiger partial charge in [-0.05, 0) is 50.1 Å². The maximum atomic E-state index is 13.4. The summed E-state index contributed by atoms with van der Waals surface area (Å²) in [7, 11) is 1.63. The van der Waals surface area contributed by atoms with E-state index in [1.807, 2.05) is 37.3 Å². The second kappa shape index (κ2) is 8.88. The first-order valence-corrected chi connectivity index (χ1v) is 11.2. The topological polar surface area (TPSA) is 89.7 Å². The molecule has 1 amide bonds. The Morgan fingerprint density at radius 1 is 1.25 bits per heavy atom. The number of hydrogen-bond acceptors (Lipinski definition) is 7. The number of ether oxygens (including phenoxy) is 2. The van der Waals surface area contributed by atoms with Crippen molar-refractivity contribution in [3.05, 3.63) is 41.6 Å². The van der Waals surface area contributed by atoms with Gasteiger partial charge in [0.05, 0.1) is 31.3 Å². The summed E-state index contributed by atoms with van der Waals surface area (Å²) in [5, 5.41) is 8.10. The minimum atomic E-state index is -0.127. The summed E-state index contributed by atoms with van der Waals surface area (Å²) in [5.74, 6) is 1.02. The van der Waals surface area contributed by atoms with Crippen LogP contribution in [0.2, 0.25) is 0 Å². The molecule has 1 aliphatic carbocycles. The molecule has 2 aliphatic rings. The lowest BCUT2D eigenvalue weighted by atomic mass is 10.0. The molecule has 0 unspecified atom stereocenters. The third kappa shape index (κ3) is 4.33. The summed E-state index contributed by atoms with van der Waals surface area (Å²) in [6, 6.07) is 9.47. The SMILES string of the molecule is COc1ccc(-c2noc3nc(C4CC4)cc(C(=O)N[C@@H](C)CN4CCOCC4)c23)cc1. The number of fused-ring (bicyclic) bond motifs is 1. The van der Waals surface area contributed by atoms with Crippen molar-refractivity contribution in [3.8, 4) is 17.0 Å². The maximum absolute atomic E-state index is 13.4. The summed E-state index contributed by atoms with van der Waals surface area (Å²) in [6.07, 6.45) is 2.18. The highest BCUT2D eigenvalue weighted by Gasteiger charge is 2.30. The largest absolute Gasteiger partial charge is 0.497 e. The van der Waals surface area contributed by atoms with E-state index in [9.17, 15) is 4.79 Å². The highest BCUT2D eigenvalue weighted by molar-refractivity contribution is 6.09. The number of aromatic nitrogens is 2. The molecule has 8 nitrogen and oxygen atoms in total. The fourth-order valence-electron chi connectivity index (χ4n) is 4.20. The number of carbonyl (C=O) groups is 1. The zero-order chi connectivity index (χ0) is 22.1. The highest BCUT2D eigenvalue weighted by Crippen LogP contribution is 2.41. The van der Waals surface area contributed by atoms with Gasteiger partial charge in [0.15, 0.2) is 0 Å². The summed E-state index contributed by atoms with van der Waals surface area (Å²) in [6.45, 7) is 6.07. The average molecular weight is 437 g/mol. The van der Waals surface area contributed by atoms with Crippen LogP contribution in [0.3, 0.4) is 0 Å². The first-order valence-electron chi connectivity index (χ1n) is 11.2. The highest BCUT2D eigenvalue weighted by atomic mass is 16.5. The van der Waals surface area contributed by atoms with Gasteiger partial charge in [0.2, 0.25) is 0 Å². The van der Waals surface area contributed by atoms with Gasteiger partial charge in [-0.1, -0.05) is 5.16 Å². The Morgan fingerprint density at radius 3 is 2.69 bits per heavy atom. The molecule has 3 aromatic rings. The van der Waals surface area contributed by atoms with Gasteiger partial charge in [-0.3, -0.25) is 9.69 Å². The normalized spacial score (nSPS) is 17.9. The first-order chi connectivity index (χ1) is 15.6. The quantitative estimate of drug-likeness (QED) is 0.608. The Kier molecular flexibility index (Phi) is 5.80. The van der Waals surface area contributed by atoms with Crippen molar-refractivity contribution in [3.63, 3.8) is 0 Å². The fourth-order valence-corrected chi connectivity index (χ4v) is 4.20. The van der Waals surface area contributed by atoms with Crippen molar-refractivity contribution in [1.29, 1.82) is 0 Å². The van der Waals surface area contributed by atoms with Crippen LogP contribution in [0.1, 0.15) is 41.7 Å². The molecule has 1 saturated carbocycles. The van der Waals surface area contributed by atoms with E-state index in [4.69, 9.17) is 14.0 Å². The lowest BCUT2D eigenvalue weighted by Gasteiger charge is -2.29. The Morgan fingerprint density at radius 2 is 2.00 bits per heavy atom. The number of amides is 1. The van der Waals surface area contributed by atoms with Crippen LogP contribution < -0.4 is 10.1 Å². The third-order valence-corrected chi connectivity index (χ3v) is 6.08. The van der Waals surface area contributed by atoms with Gasteiger partial charge < -0.3 is 19.3 Å². The van der Waals surface area contributed by atoms with Crippen LogP contribution >= 0.6 is 0 Å². The molecule has 0 radical (unpaired) electrons. The fraction of sp³-hybridized carbons (Fsp3) is 0.458. The van der Waals surface area contributed by atoms with Crippen LogP contribution in [0.15, 0.2) is 34.9 Å². The zero-order valence-electron chi connectivity index (χ0n) is 18.5. The van der Waals surface area contributed by atoms with Gasteiger partial charge in [0, 0.05) is 42.9 Å². The lowest BCUT2D eigenvalue weighted by Crippen LogP contribution is -2.46. The van der Waals surface area contributed by atoms with E-state index in [2.05, 4.69) is 20.4 Å². The van der Waals surface area contributed by atoms with Gasteiger partial charge in [-0.2, -0.15) is 0 Å². The van der Waals surface area contributed by atoms with Crippen LogP contribution in [0.4, 0.5) is 0 Å². The van der Waals surface area contributed by atoms with Crippen LogP contribution in [0.25, 0.3) is 22.4 Å². The number of morpholine rings is 1. The molecule has 0 bridgehead atoms. The molecule has 1 N–H and O–H groups in total. The van der Waals surface area contributed by atoms with Crippen molar-refractivity contribution < 1.29 is 18.8 Å². The van der Waals surface area contributed by atoms with Gasteiger partial charge in [-0.25, -0.2) is 4.98 Å². The van der Waals surface area contributed by atoms with E-state index >= 15 is 0 Å². The minimum absolute atomic E-state index is 0.00233. The monoisotopic (exact) mass is 436 g/mol. The molecule has 2 fully saturated rings. The first kappa shape index (κ1) is 20.9. The number of nitrogens with one attached hydrogen (secondary N) is 1. The maximum Gasteiger partial charge on any atom is 0.259 e. The van der Waals surface area contributed by atoms with E-state index in [1.54, 1.807) is 7.11 Å². The summed E-state index contributed by atoms with van der Waals surface area (Å²) >= 11 is 0. The number of rotatable bonds is 7. The molecule has 5 rings (SSSR count). The second-order valence-electron chi connectivity index (χ2n) is 8.60. The molecular formula is C24H28N4O4. The van der Waals surface area contributed by atoms with Crippen LogP contribution in [0.5, 0.6) is 5.75 Å². The van der Waals surface area contributed by atoms with Crippen molar-refractivity contribution >= 4 is 17.0 Å². The van der Waals surface area contributed by atoms with Crippen molar-refractivity contribution in [1.82, 2.24) is 20.4 Å². The van der Waals surface area contributed by atoms with Crippen molar-refractivity contribution in [2.45, 2.75) is 31.7 Å². The molecule has 1 saturated heterocycles. The van der Waals surface area contributed by atoms with Gasteiger partial charge in [-0.15, -0.1) is 0 Å². The van der Waals surface area contributed by atoms with E-state index in [1.165, 1.54) is 0 Å². The van der Waals surface area contributed by atoms with E-state index < -0.39 is 0 Å². The molecule has 1 atom stereocenters. The van der Waals surface area contributed by atoms with Crippen molar-refractivity contribution in [2.24, 2.45) is 0 Å². The Balaban J connectivity index is 1.46. The Bertz CT molecular complexity index is 1100. The second-order valence-corrected chi connectivity index (χ2v) is 8.60. The number of pyridine rings is 1. The number of carbonyl (C=O) groups excluding carboxylic acids is 1. The number of hydrogen-bond donors (Lipinski definition) is 1. The molecular weight excluding hydrogens is 408 g/mol. The Labute approximate surface area is 186 Å². The third-order valence-electron chi connectivity index (χ3n) is 6.08. The predicted molar refractivity (Wildman–Crippen MR) is 120 cm³/mol. The predicted octanol–water partition coefficient (Wildman–Crippen LogP) is 3.23. The standard InChI is InChI=1S/C24H28N4O4/c1-15(14-28-9-11-31-12-10-28)25-23(29)19-13-20(16-3-4-16)26-24-21(19)22(27-32-24)17-5-7-18(30-2)8-6-17/h5-8,13,15-16H,3-4,9-12,14H2,1-2H3,(H,25,29)/t15-/m0/s1. The molecule has 8 heteroatoms. The van der Waals surface area contributed by atoms with Crippen molar-refractivity contribution in [2.75, 3.05) is 40.0 Å². The van der Waals surface area contributed by atoms with Gasteiger partial charge >= 0.3 is 0 Å². The van der Waals surface area contributed by atoms with Crippen LogP contribution in [0, 0.1) is 0 Å². The van der Waals surface area contributed by atoms with Gasteiger partial charge in [0.1, 0.15) is 11.4 Å². The lowest BCUT2D eigenvalue weighted by molar-refractivity contribution is 0.0342. The molecule has 1 aliphatic heterocycles. The summed E-state index contributed by atoms with van der Waals surface area (Å²) in [5.41, 5.74) is 3.34. The molecule has 168 valence electrons. The van der Waals surface area contributed by atoms with E-state index in [0.29, 0.717) is 28.3 Å². The van der Waals surface area contributed by atoms with Crippen LogP contribution in [-0.4, -0.2) is 66.9 Å². The number of benzene rings is 1. The smallest absolute Gasteiger partial charge is 0.259 e. The van der Waals surface area contributed by atoms with E-state index in [0.717, 1.165) is 62.7 Å². The molecule has 0 spiro atoms.